The van der Waals surface area contributed by atoms with E-state index in [1.165, 1.54) is 0 Å². The molecule has 1 fully saturated rings. The summed E-state index contributed by atoms with van der Waals surface area (Å²) in [5, 5.41) is 7.60. The van der Waals surface area contributed by atoms with E-state index in [2.05, 4.69) is 36.2 Å². The minimum Gasteiger partial charge on any atom is -0.381 e. The molecule has 0 aliphatic carbocycles. The molecule has 5 heteroatoms. The maximum Gasteiger partial charge on any atom is 0.228 e. The molecule has 5 nitrogen and oxygen atoms in total. The molecule has 0 amide bonds. The van der Waals surface area contributed by atoms with Crippen molar-refractivity contribution in [2.75, 3.05) is 19.8 Å². The molecule has 0 radical (unpaired) electrons. The van der Waals surface area contributed by atoms with Crippen molar-refractivity contribution in [1.29, 1.82) is 0 Å². The highest BCUT2D eigenvalue weighted by atomic mass is 16.5. The lowest BCUT2D eigenvalue weighted by Gasteiger charge is -2.17. The molecule has 0 saturated carbocycles. The first-order chi connectivity index (χ1) is 9.67. The van der Waals surface area contributed by atoms with Crippen LogP contribution in [0.4, 0.5) is 0 Å². The average molecular weight is 281 g/mol. The Morgan fingerprint density at radius 2 is 2.25 bits per heavy atom. The maximum atomic E-state index is 5.39. The molecular formula is C15H27N3O2. The molecule has 114 valence electrons. The van der Waals surface area contributed by atoms with Crippen LogP contribution in [0.3, 0.4) is 0 Å². The average Bonchev–Trinajstić information content (AvgIpc) is 3.01. The first-order valence-corrected chi connectivity index (χ1v) is 7.80. The normalized spacial score (nSPS) is 20.7. The van der Waals surface area contributed by atoms with Crippen LogP contribution >= 0.6 is 0 Å². The van der Waals surface area contributed by atoms with Crippen molar-refractivity contribution in [3.8, 4) is 0 Å². The summed E-state index contributed by atoms with van der Waals surface area (Å²) in [6.07, 6.45) is 3.93. The minimum atomic E-state index is 0.420. The van der Waals surface area contributed by atoms with Crippen LogP contribution in [0.1, 0.15) is 45.3 Å². The second-order valence-corrected chi connectivity index (χ2v) is 6.13. The Bertz CT molecular complexity index is 386. The fourth-order valence-corrected chi connectivity index (χ4v) is 2.77. The minimum absolute atomic E-state index is 0.420. The highest BCUT2D eigenvalue weighted by Gasteiger charge is 2.20. The summed E-state index contributed by atoms with van der Waals surface area (Å²) in [7, 11) is 0. The number of ether oxygens (including phenoxy) is 1. The van der Waals surface area contributed by atoms with E-state index in [4.69, 9.17) is 9.26 Å². The number of nitrogens with one attached hydrogen (secondary N) is 1. The van der Waals surface area contributed by atoms with Crippen molar-refractivity contribution in [2.24, 2.45) is 11.8 Å². The van der Waals surface area contributed by atoms with Crippen LogP contribution in [0.5, 0.6) is 0 Å². The Morgan fingerprint density at radius 1 is 1.40 bits per heavy atom. The number of likely N-dealkylation sites (N-methyl/N-ethyl adjacent to an activating group) is 1. The van der Waals surface area contributed by atoms with Gasteiger partial charge in [-0.1, -0.05) is 25.9 Å². The highest BCUT2D eigenvalue weighted by molar-refractivity contribution is 4.92. The van der Waals surface area contributed by atoms with Gasteiger partial charge in [0.15, 0.2) is 5.82 Å². The van der Waals surface area contributed by atoms with Crippen LogP contribution in [0, 0.1) is 11.8 Å². The lowest BCUT2D eigenvalue weighted by molar-refractivity contribution is 0.185. The molecule has 1 aliphatic heterocycles. The van der Waals surface area contributed by atoms with Crippen LogP contribution in [-0.2, 0) is 17.6 Å². The Morgan fingerprint density at radius 3 is 2.90 bits per heavy atom. The molecule has 2 atom stereocenters. The summed E-state index contributed by atoms with van der Waals surface area (Å²) in [5.74, 6) is 2.80. The van der Waals surface area contributed by atoms with Gasteiger partial charge in [-0.05, 0) is 31.2 Å². The van der Waals surface area contributed by atoms with Crippen LogP contribution in [0.15, 0.2) is 4.52 Å². The number of hydrogen-bond donors (Lipinski definition) is 1. The molecule has 0 aromatic carbocycles. The van der Waals surface area contributed by atoms with Crippen molar-refractivity contribution in [2.45, 2.75) is 52.5 Å². The van der Waals surface area contributed by atoms with E-state index in [0.717, 1.165) is 57.2 Å². The van der Waals surface area contributed by atoms with Crippen LogP contribution in [0.25, 0.3) is 0 Å². The number of aromatic nitrogens is 2. The third-order valence-corrected chi connectivity index (χ3v) is 3.68. The fraction of sp³-hybridized carbons (Fsp3) is 0.867. The summed E-state index contributed by atoms with van der Waals surface area (Å²) < 4.78 is 10.8. The molecule has 1 saturated heterocycles. The zero-order chi connectivity index (χ0) is 14.4. The van der Waals surface area contributed by atoms with Gasteiger partial charge in [-0.3, -0.25) is 0 Å². The van der Waals surface area contributed by atoms with Crippen LogP contribution in [0.2, 0.25) is 0 Å². The SMILES string of the molecule is CCNC(Cc1nc(CC2CCOC2)no1)CC(C)C. The molecule has 0 bridgehead atoms. The second-order valence-electron chi connectivity index (χ2n) is 6.13. The van der Waals surface area contributed by atoms with Crippen molar-refractivity contribution < 1.29 is 9.26 Å². The first kappa shape index (κ1) is 15.4. The van der Waals surface area contributed by atoms with E-state index >= 15 is 0 Å². The van der Waals surface area contributed by atoms with Gasteiger partial charge in [0.25, 0.3) is 0 Å². The molecule has 1 N–H and O–H groups in total. The summed E-state index contributed by atoms with van der Waals surface area (Å²) in [5.41, 5.74) is 0. The third kappa shape index (κ3) is 4.87. The van der Waals surface area contributed by atoms with Gasteiger partial charge < -0.3 is 14.6 Å². The predicted molar refractivity (Wildman–Crippen MR) is 77.6 cm³/mol. The standard InChI is InChI=1S/C15H27N3O2/c1-4-16-13(7-11(2)3)9-15-17-14(18-20-15)8-12-5-6-19-10-12/h11-13,16H,4-10H2,1-3H3. The fourth-order valence-electron chi connectivity index (χ4n) is 2.77. The van der Waals surface area contributed by atoms with Crippen LogP contribution < -0.4 is 5.32 Å². The lowest BCUT2D eigenvalue weighted by Crippen LogP contribution is -2.32. The van der Waals surface area contributed by atoms with E-state index in [9.17, 15) is 0 Å². The summed E-state index contributed by atoms with van der Waals surface area (Å²) in [6.45, 7) is 9.28. The number of nitrogens with zero attached hydrogens (tertiary/aromatic N) is 2. The molecular weight excluding hydrogens is 254 g/mol. The quantitative estimate of drug-likeness (QED) is 0.791. The monoisotopic (exact) mass is 281 g/mol. The Balaban J connectivity index is 1.86. The lowest BCUT2D eigenvalue weighted by atomic mass is 10.0. The number of hydrogen-bond acceptors (Lipinski definition) is 5. The van der Waals surface area contributed by atoms with Gasteiger partial charge >= 0.3 is 0 Å². The predicted octanol–water partition coefficient (Wildman–Crippen LogP) is 2.22. The van der Waals surface area contributed by atoms with E-state index in [-0.39, 0.29) is 0 Å². The first-order valence-electron chi connectivity index (χ1n) is 7.80. The van der Waals surface area contributed by atoms with Gasteiger partial charge in [-0.25, -0.2) is 0 Å². The molecule has 2 unspecified atom stereocenters. The van der Waals surface area contributed by atoms with Crippen molar-refractivity contribution in [3.05, 3.63) is 11.7 Å². The van der Waals surface area contributed by atoms with E-state index < -0.39 is 0 Å². The molecule has 20 heavy (non-hydrogen) atoms. The van der Waals surface area contributed by atoms with Crippen molar-refractivity contribution in [1.82, 2.24) is 15.5 Å². The molecule has 2 heterocycles. The molecule has 0 spiro atoms. The van der Waals surface area contributed by atoms with Gasteiger partial charge in [0.05, 0.1) is 0 Å². The zero-order valence-electron chi connectivity index (χ0n) is 12.9. The van der Waals surface area contributed by atoms with Crippen molar-refractivity contribution in [3.63, 3.8) is 0 Å². The summed E-state index contributed by atoms with van der Waals surface area (Å²) in [6, 6.07) is 0.420. The topological polar surface area (TPSA) is 60.2 Å². The third-order valence-electron chi connectivity index (χ3n) is 3.68. The zero-order valence-corrected chi connectivity index (χ0v) is 12.9. The van der Waals surface area contributed by atoms with Gasteiger partial charge in [-0.2, -0.15) is 4.98 Å². The largest absolute Gasteiger partial charge is 0.381 e. The van der Waals surface area contributed by atoms with Gasteiger partial charge in [0.1, 0.15) is 0 Å². The van der Waals surface area contributed by atoms with Gasteiger partial charge in [0.2, 0.25) is 5.89 Å². The van der Waals surface area contributed by atoms with Gasteiger partial charge in [0, 0.05) is 32.1 Å². The summed E-state index contributed by atoms with van der Waals surface area (Å²) in [4.78, 5) is 4.53. The maximum absolute atomic E-state index is 5.39. The second kappa shape index (κ2) is 7.74. The smallest absolute Gasteiger partial charge is 0.228 e. The van der Waals surface area contributed by atoms with Crippen molar-refractivity contribution >= 4 is 0 Å². The molecule has 1 aromatic rings. The Kier molecular flexibility index (Phi) is 5.98. The molecule has 2 rings (SSSR count). The van der Waals surface area contributed by atoms with Gasteiger partial charge in [-0.15, -0.1) is 0 Å². The molecule has 1 aliphatic rings. The Labute approximate surface area is 121 Å². The van der Waals surface area contributed by atoms with E-state index in [1.54, 1.807) is 0 Å². The van der Waals surface area contributed by atoms with E-state index in [1.807, 2.05) is 0 Å². The Hall–Kier alpha value is -0.940. The van der Waals surface area contributed by atoms with E-state index in [0.29, 0.717) is 17.9 Å². The van der Waals surface area contributed by atoms with Crippen LogP contribution in [-0.4, -0.2) is 35.9 Å². The number of rotatable bonds is 8. The highest BCUT2D eigenvalue weighted by Crippen LogP contribution is 2.17. The summed E-state index contributed by atoms with van der Waals surface area (Å²) >= 11 is 0. The molecule has 1 aromatic heterocycles.